The zero-order valence-corrected chi connectivity index (χ0v) is 24.8. The Balaban J connectivity index is 1.34. The van der Waals surface area contributed by atoms with Crippen molar-refractivity contribution in [3.05, 3.63) is 70.9 Å². The first-order valence-corrected chi connectivity index (χ1v) is 14.7. The van der Waals surface area contributed by atoms with Crippen LogP contribution in [0.3, 0.4) is 0 Å². The Bertz CT molecular complexity index is 1500. The number of piperazine rings is 1. The predicted molar refractivity (Wildman–Crippen MR) is 156 cm³/mol. The molecule has 2 saturated heterocycles. The number of hydrogen-bond acceptors (Lipinski definition) is 6. The van der Waals surface area contributed by atoms with Gasteiger partial charge in [0.15, 0.2) is 0 Å². The Morgan fingerprint density at radius 3 is 2.49 bits per heavy atom. The molecular formula is C31H35F6N5O3. The molecule has 244 valence electrons. The van der Waals surface area contributed by atoms with E-state index in [1.807, 2.05) is 36.1 Å². The van der Waals surface area contributed by atoms with Crippen molar-refractivity contribution < 1.29 is 40.7 Å². The van der Waals surface area contributed by atoms with E-state index in [-0.39, 0.29) is 12.6 Å². The molecule has 0 spiro atoms. The van der Waals surface area contributed by atoms with Crippen LogP contribution in [0.1, 0.15) is 34.0 Å². The monoisotopic (exact) mass is 639 g/mol. The van der Waals surface area contributed by atoms with Gasteiger partial charge in [-0.2, -0.15) is 26.3 Å². The summed E-state index contributed by atoms with van der Waals surface area (Å²) in [5, 5.41) is 5.14. The number of benzene rings is 2. The highest BCUT2D eigenvalue weighted by Crippen LogP contribution is 2.38. The van der Waals surface area contributed by atoms with Crippen LogP contribution in [-0.4, -0.2) is 103 Å². The van der Waals surface area contributed by atoms with Gasteiger partial charge in [0.1, 0.15) is 6.61 Å². The number of nitrogens with zero attached hydrogens (tertiary/aromatic N) is 4. The third-order valence-electron chi connectivity index (χ3n) is 8.12. The van der Waals surface area contributed by atoms with Crippen LogP contribution in [0.5, 0.6) is 0 Å². The lowest BCUT2D eigenvalue weighted by molar-refractivity contribution is -0.143. The number of fused-ring (bicyclic) bond motifs is 1. The minimum Gasteiger partial charge on any atom is -0.394 e. The minimum atomic E-state index is -5.16. The number of rotatable bonds is 9. The van der Waals surface area contributed by atoms with Gasteiger partial charge in [-0.3, -0.25) is 14.6 Å². The number of carbonyl (C=O) groups excluding carboxylic acids is 1. The van der Waals surface area contributed by atoms with E-state index in [0.29, 0.717) is 63.7 Å². The summed E-state index contributed by atoms with van der Waals surface area (Å²) in [7, 11) is 0. The first-order chi connectivity index (χ1) is 21.4. The summed E-state index contributed by atoms with van der Waals surface area (Å²) >= 11 is 0. The van der Waals surface area contributed by atoms with E-state index in [1.54, 1.807) is 6.20 Å². The van der Waals surface area contributed by atoms with E-state index in [4.69, 9.17) is 9.57 Å². The number of nitrogens with one attached hydrogen (secondary N) is 1. The second-order valence-corrected chi connectivity index (χ2v) is 11.3. The Morgan fingerprint density at radius 1 is 1.00 bits per heavy atom. The summed E-state index contributed by atoms with van der Waals surface area (Å²) < 4.78 is 87.1. The van der Waals surface area contributed by atoms with E-state index < -0.39 is 41.0 Å². The van der Waals surface area contributed by atoms with Crippen molar-refractivity contribution in [2.24, 2.45) is 5.16 Å². The lowest BCUT2D eigenvalue weighted by Gasteiger charge is -2.42. The molecule has 1 atom stereocenters. The van der Waals surface area contributed by atoms with Crippen LogP contribution >= 0.6 is 0 Å². The first-order valence-electron chi connectivity index (χ1n) is 14.7. The molecule has 2 fully saturated rings. The predicted octanol–water partition coefficient (Wildman–Crippen LogP) is 5.30. The number of amides is 1. The summed E-state index contributed by atoms with van der Waals surface area (Å²) in [5.41, 5.74) is -1.43. The number of hydrogen-bond donors (Lipinski definition) is 1. The fourth-order valence-corrected chi connectivity index (χ4v) is 5.86. The number of carbonyl (C=O) groups is 1. The second kappa shape index (κ2) is 13.8. The molecule has 1 aromatic heterocycles. The van der Waals surface area contributed by atoms with Gasteiger partial charge in [0.2, 0.25) is 0 Å². The molecule has 14 heteroatoms. The van der Waals surface area contributed by atoms with Gasteiger partial charge < -0.3 is 19.5 Å². The van der Waals surface area contributed by atoms with Crippen LogP contribution in [-0.2, 0) is 28.3 Å². The SMILES string of the molecule is C/C(CN1CCN(C(=O)c2ccc(C(F)(F)F)cc2C(F)(F)F)[C@H](Cc2c[nH]c3ccccc23)C1)=N\OCCN1CCOCC1. The number of aromatic amines is 1. The lowest BCUT2D eigenvalue weighted by atomic mass is 9.97. The van der Waals surface area contributed by atoms with Crippen molar-refractivity contribution in [2.75, 3.05) is 65.6 Å². The number of alkyl halides is 6. The molecule has 8 nitrogen and oxygen atoms in total. The largest absolute Gasteiger partial charge is 0.417 e. The zero-order chi connectivity index (χ0) is 32.2. The summed E-state index contributed by atoms with van der Waals surface area (Å²) in [5.74, 6) is -0.961. The third-order valence-corrected chi connectivity index (χ3v) is 8.12. The number of aromatic nitrogens is 1. The van der Waals surface area contributed by atoms with Crippen LogP contribution in [0, 0.1) is 0 Å². The molecule has 0 radical (unpaired) electrons. The van der Waals surface area contributed by atoms with Gasteiger partial charge in [0, 0.05) is 69.0 Å². The van der Waals surface area contributed by atoms with Crippen molar-refractivity contribution in [3.63, 3.8) is 0 Å². The van der Waals surface area contributed by atoms with Crippen molar-refractivity contribution in [2.45, 2.75) is 31.7 Å². The second-order valence-electron chi connectivity index (χ2n) is 11.3. The van der Waals surface area contributed by atoms with E-state index in [9.17, 15) is 31.1 Å². The number of oxime groups is 1. The molecule has 2 aliphatic heterocycles. The van der Waals surface area contributed by atoms with Crippen molar-refractivity contribution >= 4 is 22.5 Å². The molecule has 0 unspecified atom stereocenters. The zero-order valence-electron chi connectivity index (χ0n) is 24.8. The topological polar surface area (TPSA) is 73.4 Å². The molecule has 3 heterocycles. The maximum absolute atomic E-state index is 14.0. The van der Waals surface area contributed by atoms with E-state index in [1.165, 1.54) is 4.90 Å². The van der Waals surface area contributed by atoms with Crippen molar-refractivity contribution in [3.8, 4) is 0 Å². The van der Waals surface area contributed by atoms with Gasteiger partial charge in [0.05, 0.1) is 35.6 Å². The first kappa shape index (κ1) is 32.8. The van der Waals surface area contributed by atoms with E-state index in [2.05, 4.69) is 15.0 Å². The summed E-state index contributed by atoms with van der Waals surface area (Å²) in [4.78, 5) is 28.0. The molecular weight excluding hydrogens is 604 g/mol. The summed E-state index contributed by atoms with van der Waals surface area (Å²) in [6.45, 7) is 7.14. The summed E-state index contributed by atoms with van der Waals surface area (Å²) in [6.07, 6.45) is -8.02. The number of morpholine rings is 1. The molecule has 5 rings (SSSR count). The van der Waals surface area contributed by atoms with Crippen LogP contribution in [0.15, 0.2) is 53.8 Å². The van der Waals surface area contributed by atoms with Crippen LogP contribution < -0.4 is 0 Å². The Hall–Kier alpha value is -3.62. The quantitative estimate of drug-likeness (QED) is 0.149. The number of para-hydroxylation sites is 1. The van der Waals surface area contributed by atoms with Gasteiger partial charge >= 0.3 is 12.4 Å². The van der Waals surface area contributed by atoms with Gasteiger partial charge in [-0.05, 0) is 43.2 Å². The average Bonchev–Trinajstić information content (AvgIpc) is 3.41. The highest BCUT2D eigenvalue weighted by Gasteiger charge is 2.41. The minimum absolute atomic E-state index is 0.0110. The molecule has 1 amide bonds. The van der Waals surface area contributed by atoms with E-state index in [0.717, 1.165) is 36.1 Å². The van der Waals surface area contributed by atoms with Gasteiger partial charge in [-0.1, -0.05) is 23.4 Å². The third kappa shape index (κ3) is 8.16. The van der Waals surface area contributed by atoms with Crippen LogP contribution in [0.4, 0.5) is 26.3 Å². The van der Waals surface area contributed by atoms with Crippen LogP contribution in [0.2, 0.25) is 0 Å². The maximum atomic E-state index is 14.0. The number of H-pyrrole nitrogens is 1. The molecule has 1 N–H and O–H groups in total. The molecule has 2 aromatic carbocycles. The van der Waals surface area contributed by atoms with E-state index >= 15 is 0 Å². The van der Waals surface area contributed by atoms with Gasteiger partial charge in [0.25, 0.3) is 5.91 Å². The molecule has 3 aromatic rings. The Morgan fingerprint density at radius 2 is 1.76 bits per heavy atom. The fourth-order valence-electron chi connectivity index (χ4n) is 5.86. The van der Waals surface area contributed by atoms with Crippen LogP contribution in [0.25, 0.3) is 10.9 Å². The highest BCUT2D eigenvalue weighted by atomic mass is 19.4. The molecule has 0 bridgehead atoms. The van der Waals surface area contributed by atoms with Crippen molar-refractivity contribution in [1.82, 2.24) is 19.7 Å². The smallest absolute Gasteiger partial charge is 0.394 e. The highest BCUT2D eigenvalue weighted by molar-refractivity contribution is 5.96. The van der Waals surface area contributed by atoms with Gasteiger partial charge in [-0.15, -0.1) is 0 Å². The summed E-state index contributed by atoms with van der Waals surface area (Å²) in [6, 6.07) is 8.14. The molecule has 2 aliphatic rings. The molecule has 0 saturated carbocycles. The number of ether oxygens (including phenoxy) is 1. The average molecular weight is 640 g/mol. The standard InChI is InChI=1S/C31H35F6N5O3/c1-21(39-45-15-12-40-10-13-44-14-11-40)19-41-8-9-42(24(20-41)16-22-18-38-28-5-3-2-4-25(22)28)29(43)26-7-6-23(30(32,33)34)17-27(26)31(35,36)37/h2-7,17-18,24,38H,8-16,19-20H2,1H3/b39-21+/t24-/m1/s1. The van der Waals surface area contributed by atoms with Crippen molar-refractivity contribution in [1.29, 1.82) is 0 Å². The molecule has 45 heavy (non-hydrogen) atoms. The number of halogens is 6. The maximum Gasteiger partial charge on any atom is 0.417 e. The molecule has 0 aliphatic carbocycles. The Labute approximate surface area is 256 Å². The fraction of sp³-hybridized carbons (Fsp3) is 0.484. The van der Waals surface area contributed by atoms with Gasteiger partial charge in [-0.25, -0.2) is 0 Å². The Kier molecular flexibility index (Phi) is 10.0. The lowest BCUT2D eigenvalue weighted by Crippen LogP contribution is -2.56. The normalized spacial score (nSPS) is 19.3.